The number of hydrogen-bond donors (Lipinski definition) is 0. The Morgan fingerprint density at radius 3 is 2.71 bits per heavy atom. The minimum Gasteiger partial charge on any atom is -0.434 e. The normalized spacial score (nSPS) is 15.7. The first-order valence-electron chi connectivity index (χ1n) is 9.56. The second-order valence-electron chi connectivity index (χ2n) is 6.87. The van der Waals surface area contributed by atoms with Gasteiger partial charge < -0.3 is 9.64 Å². The molecule has 1 aliphatic heterocycles. The second kappa shape index (κ2) is 9.14. The summed E-state index contributed by atoms with van der Waals surface area (Å²) in [5.41, 5.74) is 2.25. The van der Waals surface area contributed by atoms with Crippen LogP contribution in [0.5, 0.6) is 5.75 Å². The minimum atomic E-state index is -2.84. The summed E-state index contributed by atoms with van der Waals surface area (Å²) in [5.74, 6) is 0.206. The number of ether oxygens (including phenoxy) is 1. The fourth-order valence-electron chi connectivity index (χ4n) is 3.56. The molecule has 1 saturated heterocycles. The number of amides is 1. The molecular formula is C20H26F2N4O2. The summed E-state index contributed by atoms with van der Waals surface area (Å²) in [5, 5.41) is 4.26. The van der Waals surface area contributed by atoms with Crippen LogP contribution < -0.4 is 4.74 Å². The second-order valence-corrected chi connectivity index (χ2v) is 6.87. The number of rotatable bonds is 6. The largest absolute Gasteiger partial charge is 0.434 e. The third kappa shape index (κ3) is 4.67. The maximum atomic E-state index is 12.9. The van der Waals surface area contributed by atoms with E-state index in [1.54, 1.807) is 24.4 Å². The number of aryl methyl sites for hydroxylation is 1. The first-order chi connectivity index (χ1) is 13.5. The Bertz CT molecular complexity index is 809. The molecule has 0 spiro atoms. The Morgan fingerprint density at radius 2 is 2.00 bits per heavy atom. The van der Waals surface area contributed by atoms with Gasteiger partial charge in [-0.25, -0.2) is 0 Å². The smallest absolute Gasteiger partial charge is 0.387 e. The van der Waals surface area contributed by atoms with Crippen molar-refractivity contribution in [3.05, 3.63) is 47.3 Å². The van der Waals surface area contributed by atoms with Crippen LogP contribution in [-0.2, 0) is 13.1 Å². The molecule has 0 unspecified atom stereocenters. The quantitative estimate of drug-likeness (QED) is 0.758. The van der Waals surface area contributed by atoms with E-state index in [2.05, 4.69) is 14.7 Å². The number of halogens is 2. The van der Waals surface area contributed by atoms with Gasteiger partial charge in [-0.15, -0.1) is 0 Å². The molecule has 0 bridgehead atoms. The first-order valence-corrected chi connectivity index (χ1v) is 9.56. The fourth-order valence-corrected chi connectivity index (χ4v) is 3.56. The van der Waals surface area contributed by atoms with Gasteiger partial charge in [0, 0.05) is 50.5 Å². The zero-order valence-electron chi connectivity index (χ0n) is 16.3. The monoisotopic (exact) mass is 392 g/mol. The third-order valence-corrected chi connectivity index (χ3v) is 5.09. The molecule has 1 fully saturated rings. The van der Waals surface area contributed by atoms with E-state index in [0.717, 1.165) is 30.8 Å². The Morgan fingerprint density at radius 1 is 1.21 bits per heavy atom. The van der Waals surface area contributed by atoms with Crippen LogP contribution in [0, 0.1) is 6.92 Å². The topological polar surface area (TPSA) is 50.6 Å². The summed E-state index contributed by atoms with van der Waals surface area (Å²) in [6.45, 7) is 5.03. The van der Waals surface area contributed by atoms with Gasteiger partial charge in [0.15, 0.2) is 0 Å². The van der Waals surface area contributed by atoms with Crippen molar-refractivity contribution in [3.63, 3.8) is 0 Å². The van der Waals surface area contributed by atoms with Crippen LogP contribution >= 0.6 is 0 Å². The molecule has 1 aromatic carbocycles. The van der Waals surface area contributed by atoms with E-state index >= 15 is 0 Å². The summed E-state index contributed by atoms with van der Waals surface area (Å²) in [4.78, 5) is 16.9. The zero-order chi connectivity index (χ0) is 20.1. The van der Waals surface area contributed by atoms with Crippen molar-refractivity contribution in [2.45, 2.75) is 40.0 Å². The maximum absolute atomic E-state index is 12.9. The zero-order valence-corrected chi connectivity index (χ0v) is 16.3. The van der Waals surface area contributed by atoms with Crippen molar-refractivity contribution < 1.29 is 18.3 Å². The highest BCUT2D eigenvalue weighted by Crippen LogP contribution is 2.22. The van der Waals surface area contributed by atoms with E-state index in [9.17, 15) is 13.6 Å². The SMILES string of the molecule is CCn1ncc(C(=O)N2CCCN(Cc3ccccc3OC(F)F)CC2)c1C. The van der Waals surface area contributed by atoms with E-state index in [4.69, 9.17) is 0 Å². The highest BCUT2D eigenvalue weighted by Gasteiger charge is 2.24. The van der Waals surface area contributed by atoms with Crippen molar-refractivity contribution in [2.75, 3.05) is 26.2 Å². The van der Waals surface area contributed by atoms with Crippen molar-refractivity contribution >= 4 is 5.91 Å². The maximum Gasteiger partial charge on any atom is 0.387 e. The van der Waals surface area contributed by atoms with Gasteiger partial charge in [0.2, 0.25) is 0 Å². The summed E-state index contributed by atoms with van der Waals surface area (Å²) in [6, 6.07) is 6.86. The van der Waals surface area contributed by atoms with Crippen LogP contribution in [0.25, 0.3) is 0 Å². The lowest BCUT2D eigenvalue weighted by atomic mass is 10.2. The molecule has 0 aliphatic carbocycles. The van der Waals surface area contributed by atoms with Gasteiger partial charge in [0.1, 0.15) is 5.75 Å². The molecular weight excluding hydrogens is 366 g/mol. The number of aromatic nitrogens is 2. The molecule has 3 rings (SSSR count). The molecule has 2 aromatic rings. The highest BCUT2D eigenvalue weighted by atomic mass is 19.3. The van der Waals surface area contributed by atoms with Gasteiger partial charge in [-0.2, -0.15) is 13.9 Å². The number of hydrogen-bond acceptors (Lipinski definition) is 4. The van der Waals surface area contributed by atoms with Crippen LogP contribution in [0.15, 0.2) is 30.5 Å². The lowest BCUT2D eigenvalue weighted by Gasteiger charge is -2.23. The molecule has 0 saturated carbocycles. The Balaban J connectivity index is 1.64. The van der Waals surface area contributed by atoms with Gasteiger partial charge in [-0.3, -0.25) is 14.4 Å². The molecule has 6 nitrogen and oxygen atoms in total. The van der Waals surface area contributed by atoms with Gasteiger partial charge >= 0.3 is 6.61 Å². The summed E-state index contributed by atoms with van der Waals surface area (Å²) in [7, 11) is 0. The summed E-state index contributed by atoms with van der Waals surface area (Å²) >= 11 is 0. The average Bonchev–Trinajstić information content (AvgIpc) is 2.89. The molecule has 0 N–H and O–H groups in total. The van der Waals surface area contributed by atoms with E-state index in [1.807, 2.05) is 29.5 Å². The number of benzene rings is 1. The van der Waals surface area contributed by atoms with E-state index in [1.165, 1.54) is 0 Å². The average molecular weight is 392 g/mol. The van der Waals surface area contributed by atoms with Crippen molar-refractivity contribution in [1.82, 2.24) is 19.6 Å². The Labute approximate surface area is 163 Å². The van der Waals surface area contributed by atoms with Crippen LogP contribution in [0.4, 0.5) is 8.78 Å². The number of nitrogens with zero attached hydrogens (tertiary/aromatic N) is 4. The molecule has 28 heavy (non-hydrogen) atoms. The van der Waals surface area contributed by atoms with E-state index < -0.39 is 6.61 Å². The van der Waals surface area contributed by atoms with Crippen molar-refractivity contribution in [2.24, 2.45) is 0 Å². The first kappa shape index (κ1) is 20.3. The fraction of sp³-hybridized carbons (Fsp3) is 0.500. The molecule has 0 radical (unpaired) electrons. The molecule has 1 amide bonds. The predicted octanol–water partition coefficient (Wildman–Crippen LogP) is 3.16. The Kier molecular flexibility index (Phi) is 6.61. The number of alkyl halides is 2. The van der Waals surface area contributed by atoms with Crippen LogP contribution in [-0.4, -0.2) is 58.3 Å². The van der Waals surface area contributed by atoms with Crippen LogP contribution in [0.1, 0.15) is 35.0 Å². The molecule has 8 heteroatoms. The van der Waals surface area contributed by atoms with Crippen LogP contribution in [0.3, 0.4) is 0 Å². The standard InChI is InChI=1S/C20H26F2N4O2/c1-3-26-15(2)17(13-23-26)19(27)25-10-6-9-24(11-12-25)14-16-7-4-5-8-18(16)28-20(21)22/h4-5,7-8,13,20H,3,6,9-12,14H2,1-2H3. The van der Waals surface area contributed by atoms with Gasteiger partial charge in [-0.1, -0.05) is 18.2 Å². The van der Waals surface area contributed by atoms with Gasteiger partial charge in [0.05, 0.1) is 11.8 Å². The minimum absolute atomic E-state index is 0.000448. The lowest BCUT2D eigenvalue weighted by Crippen LogP contribution is -2.35. The number of carbonyl (C=O) groups excluding carboxylic acids is 1. The summed E-state index contributed by atoms with van der Waals surface area (Å²) in [6.07, 6.45) is 2.46. The predicted molar refractivity (Wildman–Crippen MR) is 102 cm³/mol. The van der Waals surface area contributed by atoms with E-state index in [-0.39, 0.29) is 11.7 Å². The number of para-hydroxylation sites is 1. The molecule has 0 atom stereocenters. The molecule has 152 valence electrons. The van der Waals surface area contributed by atoms with Crippen molar-refractivity contribution in [3.8, 4) is 5.75 Å². The van der Waals surface area contributed by atoms with Crippen molar-refractivity contribution in [1.29, 1.82) is 0 Å². The molecule has 1 aromatic heterocycles. The highest BCUT2D eigenvalue weighted by molar-refractivity contribution is 5.95. The van der Waals surface area contributed by atoms with Gasteiger partial charge in [0.25, 0.3) is 5.91 Å². The van der Waals surface area contributed by atoms with Crippen LogP contribution in [0.2, 0.25) is 0 Å². The lowest BCUT2D eigenvalue weighted by molar-refractivity contribution is -0.0507. The summed E-state index contributed by atoms with van der Waals surface area (Å²) < 4.78 is 31.7. The van der Waals surface area contributed by atoms with Gasteiger partial charge in [-0.05, 0) is 26.3 Å². The molecule has 1 aliphatic rings. The van der Waals surface area contributed by atoms with E-state index in [0.29, 0.717) is 31.7 Å². The third-order valence-electron chi connectivity index (χ3n) is 5.09. The molecule has 2 heterocycles. The Hall–Kier alpha value is -2.48. The number of carbonyl (C=O) groups is 1.